The normalized spacial score (nSPS) is 11.2. The van der Waals surface area contributed by atoms with Gasteiger partial charge in [0.1, 0.15) is 0 Å². The first-order valence-electron chi connectivity index (χ1n) is 6.17. The maximum Gasteiger partial charge on any atom is 0.321 e. The van der Waals surface area contributed by atoms with Gasteiger partial charge in [-0.15, -0.1) is 0 Å². The zero-order valence-electron chi connectivity index (χ0n) is 11.5. The van der Waals surface area contributed by atoms with Crippen molar-refractivity contribution < 1.29 is 10.0 Å². The Bertz CT molecular complexity index is 482. The van der Waals surface area contributed by atoms with Gasteiger partial charge < -0.3 is 21.2 Å². The summed E-state index contributed by atoms with van der Waals surface area (Å²) in [5, 5.41) is 14.4. The minimum absolute atomic E-state index is 0.0124. The second-order valence-electron chi connectivity index (χ2n) is 4.12. The number of rotatable bonds is 4. The molecule has 4 N–H and O–H groups in total. The molecule has 0 aliphatic rings. The summed E-state index contributed by atoms with van der Waals surface area (Å²) >= 11 is 0. The highest BCUT2D eigenvalue weighted by atomic mass is 16.4. The molecule has 6 nitrogen and oxygen atoms in total. The smallest absolute Gasteiger partial charge is 0.321 e. The molecule has 6 heteroatoms. The molecule has 0 heterocycles. The fourth-order valence-corrected chi connectivity index (χ4v) is 1.68. The molecule has 0 fully saturated rings. The first-order valence-corrected chi connectivity index (χ1v) is 6.17. The van der Waals surface area contributed by atoms with Crippen molar-refractivity contribution in [2.45, 2.75) is 20.8 Å². The Morgan fingerprint density at radius 1 is 1.42 bits per heavy atom. The Kier molecular flexibility index (Phi) is 5.17. The van der Waals surface area contributed by atoms with Crippen molar-refractivity contribution in [1.82, 2.24) is 4.90 Å². The van der Waals surface area contributed by atoms with Crippen LogP contribution in [0.5, 0.6) is 0 Å². The molecule has 0 spiro atoms. The molecule has 0 radical (unpaired) electrons. The van der Waals surface area contributed by atoms with E-state index < -0.39 is 0 Å². The highest BCUT2D eigenvalue weighted by molar-refractivity contribution is 5.99. The van der Waals surface area contributed by atoms with E-state index in [0.29, 0.717) is 24.3 Å². The molecule has 1 aromatic carbocycles. The molecule has 0 atom stereocenters. The van der Waals surface area contributed by atoms with Crippen LogP contribution in [-0.2, 0) is 0 Å². The zero-order valence-corrected chi connectivity index (χ0v) is 11.5. The number of hydrogen-bond acceptors (Lipinski definition) is 3. The molecular weight excluding hydrogens is 244 g/mol. The quantitative estimate of drug-likeness (QED) is 0.336. The zero-order chi connectivity index (χ0) is 14.4. The van der Waals surface area contributed by atoms with E-state index in [0.717, 1.165) is 5.56 Å². The fraction of sp³-hybridized carbons (Fsp3) is 0.385. The van der Waals surface area contributed by atoms with Gasteiger partial charge in [0.05, 0.1) is 0 Å². The van der Waals surface area contributed by atoms with Crippen LogP contribution >= 0.6 is 0 Å². The number of nitrogens with two attached hydrogens (primary N) is 1. The first kappa shape index (κ1) is 14.8. The molecule has 0 saturated heterocycles. The lowest BCUT2D eigenvalue weighted by Gasteiger charge is -2.20. The van der Waals surface area contributed by atoms with Crippen molar-refractivity contribution in [2.24, 2.45) is 10.9 Å². The average Bonchev–Trinajstić information content (AvgIpc) is 2.41. The molecule has 0 bridgehead atoms. The van der Waals surface area contributed by atoms with Crippen LogP contribution in [0.1, 0.15) is 25.0 Å². The lowest BCUT2D eigenvalue weighted by Crippen LogP contribution is -2.34. The number of benzene rings is 1. The summed E-state index contributed by atoms with van der Waals surface area (Å²) in [4.78, 5) is 13.7. The Labute approximate surface area is 112 Å². The minimum Gasteiger partial charge on any atom is -0.409 e. The van der Waals surface area contributed by atoms with Crippen molar-refractivity contribution in [2.75, 3.05) is 18.4 Å². The Balaban J connectivity index is 2.97. The molecule has 0 saturated carbocycles. The number of nitrogens with zero attached hydrogens (tertiary/aromatic N) is 2. The van der Waals surface area contributed by atoms with E-state index in [1.165, 1.54) is 0 Å². The van der Waals surface area contributed by atoms with Gasteiger partial charge in [0.25, 0.3) is 0 Å². The van der Waals surface area contributed by atoms with Gasteiger partial charge in [0.2, 0.25) is 0 Å². The maximum atomic E-state index is 12.0. The van der Waals surface area contributed by atoms with E-state index in [-0.39, 0.29) is 11.9 Å². The number of oxime groups is 1. The highest BCUT2D eigenvalue weighted by Crippen LogP contribution is 2.17. The van der Waals surface area contributed by atoms with E-state index in [1.807, 2.05) is 26.8 Å². The van der Waals surface area contributed by atoms with Crippen LogP contribution in [0.2, 0.25) is 0 Å². The Hall–Kier alpha value is -2.24. The summed E-state index contributed by atoms with van der Waals surface area (Å²) in [5.41, 5.74) is 7.66. The van der Waals surface area contributed by atoms with Crippen LogP contribution in [0.25, 0.3) is 0 Å². The number of nitrogens with one attached hydrogen (secondary N) is 1. The summed E-state index contributed by atoms with van der Waals surface area (Å²) in [6.45, 7) is 7.00. The molecule has 1 aromatic rings. The van der Waals surface area contributed by atoms with E-state index in [1.54, 1.807) is 17.0 Å². The topological polar surface area (TPSA) is 91.0 Å². The summed E-state index contributed by atoms with van der Waals surface area (Å²) in [6, 6.07) is 5.07. The Morgan fingerprint density at radius 3 is 2.58 bits per heavy atom. The third-order valence-electron chi connectivity index (χ3n) is 2.93. The molecule has 0 aromatic heterocycles. The van der Waals surface area contributed by atoms with Gasteiger partial charge in [-0.2, -0.15) is 0 Å². The van der Waals surface area contributed by atoms with E-state index in [9.17, 15) is 4.79 Å². The lowest BCUT2D eigenvalue weighted by atomic mass is 10.1. The van der Waals surface area contributed by atoms with Crippen molar-refractivity contribution in [1.29, 1.82) is 0 Å². The van der Waals surface area contributed by atoms with Gasteiger partial charge in [0.15, 0.2) is 5.84 Å². The highest BCUT2D eigenvalue weighted by Gasteiger charge is 2.11. The maximum absolute atomic E-state index is 12.0. The molecule has 104 valence electrons. The number of hydrogen-bond donors (Lipinski definition) is 3. The van der Waals surface area contributed by atoms with Crippen LogP contribution in [0, 0.1) is 6.92 Å². The second kappa shape index (κ2) is 6.63. The summed E-state index contributed by atoms with van der Waals surface area (Å²) < 4.78 is 0. The van der Waals surface area contributed by atoms with E-state index in [4.69, 9.17) is 10.9 Å². The second-order valence-corrected chi connectivity index (χ2v) is 4.12. The molecule has 0 unspecified atom stereocenters. The SMILES string of the molecule is CCN(CC)C(=O)Nc1cc(C(N)=NO)ccc1C. The number of urea groups is 1. The first-order chi connectivity index (χ1) is 9.03. The van der Waals surface area contributed by atoms with Crippen molar-refractivity contribution >= 4 is 17.6 Å². The number of amides is 2. The summed E-state index contributed by atoms with van der Waals surface area (Å²) in [5.74, 6) is 0.0124. The molecule has 0 aliphatic heterocycles. The standard InChI is InChI=1S/C13H20N4O2/c1-4-17(5-2)13(18)15-11-8-10(12(14)16-19)7-6-9(11)3/h6-8,19H,4-5H2,1-3H3,(H2,14,16)(H,15,18). The average molecular weight is 264 g/mol. The monoisotopic (exact) mass is 264 g/mol. The number of anilines is 1. The van der Waals surface area contributed by atoms with Gasteiger partial charge in [-0.25, -0.2) is 4.79 Å². The van der Waals surface area contributed by atoms with E-state index >= 15 is 0 Å². The van der Waals surface area contributed by atoms with Crippen LogP contribution < -0.4 is 11.1 Å². The predicted octanol–water partition coefficient (Wildman–Crippen LogP) is 1.96. The number of amidine groups is 1. The minimum atomic E-state index is -0.162. The van der Waals surface area contributed by atoms with Crippen LogP contribution in [-0.4, -0.2) is 35.1 Å². The fourth-order valence-electron chi connectivity index (χ4n) is 1.68. The molecule has 2 amide bonds. The van der Waals surface area contributed by atoms with Crippen molar-refractivity contribution in [3.05, 3.63) is 29.3 Å². The molecular formula is C13H20N4O2. The van der Waals surface area contributed by atoms with E-state index in [2.05, 4.69) is 10.5 Å². The third kappa shape index (κ3) is 3.61. The third-order valence-corrected chi connectivity index (χ3v) is 2.93. The summed E-state index contributed by atoms with van der Waals surface area (Å²) in [7, 11) is 0. The number of aryl methyl sites for hydroxylation is 1. The predicted molar refractivity (Wildman–Crippen MR) is 75.6 cm³/mol. The van der Waals surface area contributed by atoms with Crippen LogP contribution in [0.3, 0.4) is 0 Å². The van der Waals surface area contributed by atoms with Gasteiger partial charge >= 0.3 is 6.03 Å². The Morgan fingerprint density at radius 2 is 2.05 bits per heavy atom. The summed E-state index contributed by atoms with van der Waals surface area (Å²) in [6.07, 6.45) is 0. The number of carbonyl (C=O) groups is 1. The van der Waals surface area contributed by atoms with Crippen LogP contribution in [0.15, 0.2) is 23.4 Å². The largest absolute Gasteiger partial charge is 0.409 e. The molecule has 0 aliphatic carbocycles. The van der Waals surface area contributed by atoms with Gasteiger partial charge in [-0.05, 0) is 32.4 Å². The van der Waals surface area contributed by atoms with Gasteiger partial charge in [0, 0.05) is 24.3 Å². The van der Waals surface area contributed by atoms with Crippen molar-refractivity contribution in [3.8, 4) is 0 Å². The van der Waals surface area contributed by atoms with Gasteiger partial charge in [-0.3, -0.25) is 0 Å². The lowest BCUT2D eigenvalue weighted by molar-refractivity contribution is 0.217. The number of carbonyl (C=O) groups excluding carboxylic acids is 1. The van der Waals surface area contributed by atoms with Crippen LogP contribution in [0.4, 0.5) is 10.5 Å². The van der Waals surface area contributed by atoms with Gasteiger partial charge in [-0.1, -0.05) is 17.3 Å². The van der Waals surface area contributed by atoms with Crippen molar-refractivity contribution in [3.63, 3.8) is 0 Å². The molecule has 19 heavy (non-hydrogen) atoms. The molecule has 1 rings (SSSR count).